The summed E-state index contributed by atoms with van der Waals surface area (Å²) in [6, 6.07) is 2.84. The van der Waals surface area contributed by atoms with Gasteiger partial charge in [0.15, 0.2) is 0 Å². The summed E-state index contributed by atoms with van der Waals surface area (Å²) in [5.41, 5.74) is 0.740. The van der Waals surface area contributed by atoms with Gasteiger partial charge in [-0.15, -0.1) is 0 Å². The molecule has 0 aliphatic heterocycles. The molecule has 0 bridgehead atoms. The van der Waals surface area contributed by atoms with Crippen molar-refractivity contribution in [3.8, 4) is 0 Å². The number of aromatic nitrogens is 2. The van der Waals surface area contributed by atoms with E-state index in [-0.39, 0.29) is 12.1 Å². The fourth-order valence-electron chi connectivity index (χ4n) is 1.58. The monoisotopic (exact) mass is 264 g/mol. The minimum atomic E-state index is -0.568. The maximum absolute atomic E-state index is 13.1. The fourth-order valence-corrected chi connectivity index (χ4v) is 1.58. The van der Waals surface area contributed by atoms with Crippen molar-refractivity contribution in [1.29, 1.82) is 0 Å². The molecule has 0 atom stereocenters. The van der Waals surface area contributed by atoms with Crippen molar-refractivity contribution < 1.29 is 13.7 Å². The first-order valence-corrected chi connectivity index (χ1v) is 5.64. The molecule has 1 amide bonds. The van der Waals surface area contributed by atoms with Crippen molar-refractivity contribution in [1.82, 2.24) is 15.5 Å². The molecule has 6 nitrogen and oxygen atoms in total. The molecular weight excluding hydrogens is 251 g/mol. The van der Waals surface area contributed by atoms with Crippen LogP contribution >= 0.6 is 0 Å². The van der Waals surface area contributed by atoms with E-state index in [1.54, 1.807) is 20.0 Å². The van der Waals surface area contributed by atoms with Gasteiger partial charge in [0.1, 0.15) is 23.1 Å². The summed E-state index contributed by atoms with van der Waals surface area (Å²) in [5.74, 6) is -0.0266. The molecule has 2 aromatic rings. The third-order valence-electron chi connectivity index (χ3n) is 2.44. The van der Waals surface area contributed by atoms with Crippen LogP contribution in [-0.4, -0.2) is 23.1 Å². The van der Waals surface area contributed by atoms with Crippen molar-refractivity contribution in [3.05, 3.63) is 41.2 Å². The van der Waals surface area contributed by atoms with Crippen LogP contribution in [-0.2, 0) is 6.54 Å². The number of hydrogen-bond donors (Lipinski definition) is 2. The van der Waals surface area contributed by atoms with Crippen LogP contribution in [0.25, 0.3) is 0 Å². The normalized spacial score (nSPS) is 10.3. The molecule has 7 heteroatoms. The Morgan fingerprint density at radius 1 is 1.47 bits per heavy atom. The summed E-state index contributed by atoms with van der Waals surface area (Å²) < 4.78 is 18.0. The van der Waals surface area contributed by atoms with Crippen molar-refractivity contribution in [2.45, 2.75) is 13.5 Å². The van der Waals surface area contributed by atoms with Crippen LogP contribution in [0.2, 0.25) is 0 Å². The predicted octanol–water partition coefficient (Wildman–Crippen LogP) is 1.49. The maximum atomic E-state index is 13.1. The number of nitrogens with one attached hydrogen (secondary N) is 2. The smallest absolute Gasteiger partial charge is 0.255 e. The first kappa shape index (κ1) is 13.0. The van der Waals surface area contributed by atoms with Crippen LogP contribution in [0.4, 0.5) is 10.2 Å². The zero-order chi connectivity index (χ0) is 13.8. The van der Waals surface area contributed by atoms with E-state index in [0.29, 0.717) is 17.3 Å². The highest BCUT2D eigenvalue weighted by Crippen LogP contribution is 2.13. The van der Waals surface area contributed by atoms with E-state index in [1.165, 1.54) is 0 Å². The Morgan fingerprint density at radius 2 is 2.26 bits per heavy atom. The molecule has 2 heterocycles. The molecule has 100 valence electrons. The summed E-state index contributed by atoms with van der Waals surface area (Å²) in [7, 11) is 1.61. The second-order valence-corrected chi connectivity index (χ2v) is 3.91. The lowest BCUT2D eigenvalue weighted by atomic mass is 10.2. The highest BCUT2D eigenvalue weighted by Gasteiger charge is 2.13. The number of aryl methyl sites for hydroxylation is 1. The molecule has 2 rings (SSSR count). The average Bonchev–Trinajstić information content (AvgIpc) is 2.81. The van der Waals surface area contributed by atoms with E-state index in [4.69, 9.17) is 4.52 Å². The van der Waals surface area contributed by atoms with Gasteiger partial charge in [0.2, 0.25) is 0 Å². The van der Waals surface area contributed by atoms with Crippen molar-refractivity contribution in [2.24, 2.45) is 0 Å². The van der Waals surface area contributed by atoms with Gasteiger partial charge in [-0.25, -0.2) is 9.37 Å². The van der Waals surface area contributed by atoms with Crippen molar-refractivity contribution in [3.63, 3.8) is 0 Å². The average molecular weight is 264 g/mol. The topological polar surface area (TPSA) is 80.0 Å². The second kappa shape index (κ2) is 5.47. The number of amides is 1. The van der Waals surface area contributed by atoms with Gasteiger partial charge in [0, 0.05) is 13.1 Å². The van der Waals surface area contributed by atoms with Crippen LogP contribution in [0, 0.1) is 12.7 Å². The molecule has 0 radical (unpaired) electrons. The highest BCUT2D eigenvalue weighted by atomic mass is 19.1. The van der Waals surface area contributed by atoms with Crippen LogP contribution in [0.5, 0.6) is 0 Å². The fraction of sp³-hybridized carbons (Fsp3) is 0.250. The number of carbonyl (C=O) groups is 1. The number of carbonyl (C=O) groups excluding carboxylic acids is 1. The summed E-state index contributed by atoms with van der Waals surface area (Å²) >= 11 is 0. The largest absolute Gasteiger partial charge is 0.372 e. The summed E-state index contributed by atoms with van der Waals surface area (Å²) in [4.78, 5) is 15.7. The van der Waals surface area contributed by atoms with E-state index >= 15 is 0 Å². The maximum Gasteiger partial charge on any atom is 0.255 e. The Morgan fingerprint density at radius 3 is 2.89 bits per heavy atom. The van der Waals surface area contributed by atoms with Gasteiger partial charge in [-0.1, -0.05) is 5.16 Å². The third-order valence-corrected chi connectivity index (χ3v) is 2.44. The Bertz CT molecular complexity index is 597. The zero-order valence-corrected chi connectivity index (χ0v) is 10.5. The summed E-state index contributed by atoms with van der Waals surface area (Å²) in [5, 5.41) is 9.10. The van der Waals surface area contributed by atoms with Crippen molar-refractivity contribution in [2.75, 3.05) is 12.4 Å². The number of pyridine rings is 1. The lowest BCUT2D eigenvalue weighted by molar-refractivity contribution is 0.0950. The van der Waals surface area contributed by atoms with E-state index < -0.39 is 11.7 Å². The summed E-state index contributed by atoms with van der Waals surface area (Å²) in [6.45, 7) is 1.96. The molecule has 0 aliphatic rings. The van der Waals surface area contributed by atoms with Gasteiger partial charge in [-0.05, 0) is 13.0 Å². The van der Waals surface area contributed by atoms with Crippen LogP contribution in [0.3, 0.4) is 0 Å². The van der Waals surface area contributed by atoms with Gasteiger partial charge in [0.25, 0.3) is 5.91 Å². The van der Waals surface area contributed by atoms with E-state index in [2.05, 4.69) is 20.8 Å². The molecule has 0 aliphatic carbocycles. The molecule has 0 saturated heterocycles. The van der Waals surface area contributed by atoms with Gasteiger partial charge in [-0.3, -0.25) is 4.79 Å². The standard InChI is InChI=1S/C12H13FN4O2/c1-7-3-9(17-19-7)6-16-12(18)10-4-8(13)5-15-11(10)14-2/h3-5H,6H2,1-2H3,(H,14,15)(H,16,18). The highest BCUT2D eigenvalue weighted by molar-refractivity contribution is 5.98. The molecule has 0 unspecified atom stereocenters. The summed E-state index contributed by atoms with van der Waals surface area (Å²) in [6.07, 6.45) is 1.05. The molecule has 0 saturated carbocycles. The van der Waals surface area contributed by atoms with Crippen LogP contribution in [0.15, 0.2) is 22.9 Å². The molecule has 2 aromatic heterocycles. The Labute approximate surface area is 109 Å². The number of rotatable bonds is 4. The first-order chi connectivity index (χ1) is 9.10. The van der Waals surface area contributed by atoms with Crippen molar-refractivity contribution >= 4 is 11.7 Å². The molecule has 0 aromatic carbocycles. The number of halogens is 1. The minimum Gasteiger partial charge on any atom is -0.372 e. The Hall–Kier alpha value is -2.44. The van der Waals surface area contributed by atoms with E-state index in [9.17, 15) is 9.18 Å². The van der Waals surface area contributed by atoms with Gasteiger partial charge >= 0.3 is 0 Å². The molecule has 0 spiro atoms. The molecule has 2 N–H and O–H groups in total. The lowest BCUT2D eigenvalue weighted by Gasteiger charge is -2.07. The Balaban J connectivity index is 2.09. The second-order valence-electron chi connectivity index (χ2n) is 3.91. The van der Waals surface area contributed by atoms with Gasteiger partial charge < -0.3 is 15.2 Å². The van der Waals surface area contributed by atoms with E-state index in [1.807, 2.05) is 0 Å². The Kier molecular flexibility index (Phi) is 3.74. The lowest BCUT2D eigenvalue weighted by Crippen LogP contribution is -2.24. The zero-order valence-electron chi connectivity index (χ0n) is 10.5. The molecular formula is C12H13FN4O2. The molecule has 19 heavy (non-hydrogen) atoms. The van der Waals surface area contributed by atoms with Gasteiger partial charge in [-0.2, -0.15) is 0 Å². The number of hydrogen-bond acceptors (Lipinski definition) is 5. The van der Waals surface area contributed by atoms with Gasteiger partial charge in [0.05, 0.1) is 18.3 Å². The SMILES string of the molecule is CNc1ncc(F)cc1C(=O)NCc1cc(C)on1. The van der Waals surface area contributed by atoms with Crippen LogP contribution in [0.1, 0.15) is 21.8 Å². The minimum absolute atomic E-state index is 0.141. The van der Waals surface area contributed by atoms with E-state index in [0.717, 1.165) is 12.3 Å². The quantitative estimate of drug-likeness (QED) is 0.874. The number of nitrogens with zero attached hydrogens (tertiary/aromatic N) is 2. The predicted molar refractivity (Wildman–Crippen MR) is 66.2 cm³/mol. The first-order valence-electron chi connectivity index (χ1n) is 5.64. The number of anilines is 1. The molecule has 0 fully saturated rings. The van der Waals surface area contributed by atoms with Crippen LogP contribution < -0.4 is 10.6 Å². The third kappa shape index (κ3) is 3.06.